The predicted molar refractivity (Wildman–Crippen MR) is 86.9 cm³/mol. The summed E-state index contributed by atoms with van der Waals surface area (Å²) in [5.41, 5.74) is 1.93. The normalized spacial score (nSPS) is 11.7. The topological polar surface area (TPSA) is 90.4 Å². The van der Waals surface area contributed by atoms with Crippen molar-refractivity contribution >= 4 is 26.7 Å². The Morgan fingerprint density at radius 1 is 1.13 bits per heavy atom. The van der Waals surface area contributed by atoms with Gasteiger partial charge >= 0.3 is 5.88 Å². The highest BCUT2D eigenvalue weighted by Gasteiger charge is 2.25. The summed E-state index contributed by atoms with van der Waals surface area (Å²) in [6.07, 6.45) is 1.15. The van der Waals surface area contributed by atoms with Crippen LogP contribution in [0.2, 0.25) is 0 Å². The molecule has 6 nitrogen and oxygen atoms in total. The van der Waals surface area contributed by atoms with Gasteiger partial charge in [-0.15, -0.1) is 0 Å². The van der Waals surface area contributed by atoms with Crippen molar-refractivity contribution in [2.45, 2.75) is 5.75 Å². The highest BCUT2D eigenvalue weighted by atomic mass is 32.2. The van der Waals surface area contributed by atoms with Gasteiger partial charge in [-0.1, -0.05) is 36.4 Å². The first-order chi connectivity index (χ1) is 10.8. The van der Waals surface area contributed by atoms with E-state index in [4.69, 9.17) is 4.42 Å². The van der Waals surface area contributed by atoms with E-state index >= 15 is 0 Å². The van der Waals surface area contributed by atoms with E-state index in [-0.39, 0.29) is 11.6 Å². The lowest BCUT2D eigenvalue weighted by atomic mass is 10.0. The molecule has 0 bridgehead atoms. The van der Waals surface area contributed by atoms with Crippen molar-refractivity contribution in [3.05, 3.63) is 64.2 Å². The molecule has 3 aromatic rings. The van der Waals surface area contributed by atoms with Gasteiger partial charge < -0.3 is 4.42 Å². The van der Waals surface area contributed by atoms with Gasteiger partial charge in [0.15, 0.2) is 9.84 Å². The van der Waals surface area contributed by atoms with Crippen LogP contribution in [0, 0.1) is 10.1 Å². The zero-order chi connectivity index (χ0) is 16.6. The third-order valence-electron chi connectivity index (χ3n) is 3.39. The molecule has 0 saturated carbocycles. The summed E-state index contributed by atoms with van der Waals surface area (Å²) < 4.78 is 28.3. The van der Waals surface area contributed by atoms with Gasteiger partial charge in [0.2, 0.25) is 0 Å². The maximum Gasteiger partial charge on any atom is 0.442 e. The molecule has 0 aliphatic carbocycles. The minimum absolute atomic E-state index is 0.129. The quantitative estimate of drug-likeness (QED) is 0.538. The molecule has 0 spiro atoms. The second-order valence-corrected chi connectivity index (χ2v) is 7.45. The molecule has 1 aromatic heterocycles. The molecule has 23 heavy (non-hydrogen) atoms. The van der Waals surface area contributed by atoms with E-state index in [0.717, 1.165) is 6.26 Å². The molecule has 1 heterocycles. The van der Waals surface area contributed by atoms with Crippen molar-refractivity contribution in [2.24, 2.45) is 0 Å². The molecule has 118 valence electrons. The van der Waals surface area contributed by atoms with E-state index < -0.39 is 14.8 Å². The summed E-state index contributed by atoms with van der Waals surface area (Å²) in [6.45, 7) is 0. The van der Waals surface area contributed by atoms with Crippen molar-refractivity contribution in [3.8, 4) is 11.1 Å². The molecule has 2 aromatic carbocycles. The molecule has 0 aliphatic rings. The average molecular weight is 331 g/mol. The molecule has 0 N–H and O–H groups in total. The zero-order valence-electron chi connectivity index (χ0n) is 12.2. The number of hydrogen-bond donors (Lipinski definition) is 0. The summed E-state index contributed by atoms with van der Waals surface area (Å²) in [5.74, 6) is -0.474. The van der Waals surface area contributed by atoms with E-state index in [1.165, 1.54) is 0 Å². The maximum absolute atomic E-state index is 11.5. The van der Waals surface area contributed by atoms with Gasteiger partial charge in [0.25, 0.3) is 0 Å². The second kappa shape index (κ2) is 5.51. The fourth-order valence-electron chi connectivity index (χ4n) is 2.54. The first-order valence-corrected chi connectivity index (χ1v) is 8.84. The fourth-order valence-corrected chi connectivity index (χ4v) is 3.32. The van der Waals surface area contributed by atoms with Gasteiger partial charge in [-0.3, -0.25) is 10.1 Å². The van der Waals surface area contributed by atoms with E-state index in [0.29, 0.717) is 27.7 Å². The number of fused-ring (bicyclic) bond motifs is 1. The maximum atomic E-state index is 11.5. The Morgan fingerprint density at radius 3 is 2.43 bits per heavy atom. The van der Waals surface area contributed by atoms with E-state index in [2.05, 4.69) is 0 Å². The molecule has 3 rings (SSSR count). The summed E-state index contributed by atoms with van der Waals surface area (Å²) in [5, 5.41) is 11.8. The molecule has 0 atom stereocenters. The van der Waals surface area contributed by atoms with Crippen molar-refractivity contribution in [3.63, 3.8) is 0 Å². The van der Waals surface area contributed by atoms with Crippen LogP contribution in [0.4, 0.5) is 5.88 Å². The van der Waals surface area contributed by atoms with Gasteiger partial charge in [-0.2, -0.15) is 0 Å². The Hall–Kier alpha value is -2.67. The number of nitro groups is 1. The molecule has 7 heteroatoms. The van der Waals surface area contributed by atoms with E-state index in [1.54, 1.807) is 42.5 Å². The molecule has 0 aliphatic heterocycles. The lowest BCUT2D eigenvalue weighted by molar-refractivity contribution is -0.400. The fraction of sp³-hybridized carbons (Fsp3) is 0.125. The van der Waals surface area contributed by atoms with Crippen LogP contribution in [0.15, 0.2) is 52.9 Å². The molecule has 0 unspecified atom stereocenters. The van der Waals surface area contributed by atoms with Crippen molar-refractivity contribution in [2.75, 3.05) is 6.26 Å². The van der Waals surface area contributed by atoms with Crippen LogP contribution >= 0.6 is 0 Å². The zero-order valence-corrected chi connectivity index (χ0v) is 13.0. The summed E-state index contributed by atoms with van der Waals surface area (Å²) in [4.78, 5) is 10.7. The van der Waals surface area contributed by atoms with Gasteiger partial charge in [0.1, 0.15) is 16.1 Å². The number of rotatable bonds is 4. The minimum Gasteiger partial charge on any atom is -0.400 e. The molecule has 0 amide bonds. The lowest BCUT2D eigenvalue weighted by Gasteiger charge is -2.01. The van der Waals surface area contributed by atoms with Crippen LogP contribution in [0.3, 0.4) is 0 Å². The minimum atomic E-state index is -3.20. The Bertz CT molecular complexity index is 990. The Balaban J connectivity index is 2.28. The third-order valence-corrected chi connectivity index (χ3v) is 4.25. The third kappa shape index (κ3) is 3.09. The van der Waals surface area contributed by atoms with Crippen LogP contribution in [-0.2, 0) is 15.6 Å². The monoisotopic (exact) mass is 331 g/mol. The molecule has 0 fully saturated rings. The number of benzene rings is 2. The van der Waals surface area contributed by atoms with Crippen molar-refractivity contribution in [1.82, 2.24) is 0 Å². The van der Waals surface area contributed by atoms with E-state index in [1.807, 2.05) is 6.07 Å². The number of sulfone groups is 1. The smallest absolute Gasteiger partial charge is 0.400 e. The summed E-state index contributed by atoms with van der Waals surface area (Å²) in [6, 6.07) is 13.7. The Labute approximate surface area is 132 Å². The average Bonchev–Trinajstić information content (AvgIpc) is 2.85. The first-order valence-electron chi connectivity index (χ1n) is 6.78. The number of hydrogen-bond acceptors (Lipinski definition) is 5. The first kappa shape index (κ1) is 15.2. The van der Waals surface area contributed by atoms with Crippen LogP contribution < -0.4 is 0 Å². The SMILES string of the molecule is CS(=O)(=O)Cc1ccc2oc([N+](=O)[O-])c(-c3ccccc3)c2c1. The standard InChI is InChI=1S/C16H13NO5S/c1-23(20,21)10-11-7-8-14-13(9-11)15(16(22-14)17(18)19)12-5-3-2-4-6-12/h2-9H,10H2,1H3. The molecular weight excluding hydrogens is 318 g/mol. The lowest BCUT2D eigenvalue weighted by Crippen LogP contribution is -2.00. The van der Waals surface area contributed by atoms with Crippen molar-refractivity contribution in [1.29, 1.82) is 0 Å². The van der Waals surface area contributed by atoms with Crippen LogP contribution in [0.5, 0.6) is 0 Å². The highest BCUT2D eigenvalue weighted by molar-refractivity contribution is 7.89. The summed E-state index contributed by atoms with van der Waals surface area (Å²) >= 11 is 0. The second-order valence-electron chi connectivity index (χ2n) is 5.31. The van der Waals surface area contributed by atoms with E-state index in [9.17, 15) is 18.5 Å². The largest absolute Gasteiger partial charge is 0.442 e. The highest BCUT2D eigenvalue weighted by Crippen LogP contribution is 2.40. The number of nitrogens with zero attached hydrogens (tertiary/aromatic N) is 1. The summed E-state index contributed by atoms with van der Waals surface area (Å²) in [7, 11) is -3.20. The van der Waals surface area contributed by atoms with Crippen LogP contribution in [-0.4, -0.2) is 19.6 Å². The van der Waals surface area contributed by atoms with Gasteiger partial charge in [0.05, 0.1) is 5.75 Å². The Morgan fingerprint density at radius 2 is 1.83 bits per heavy atom. The molecule has 0 radical (unpaired) electrons. The molecular formula is C16H13NO5S. The van der Waals surface area contributed by atoms with Gasteiger partial charge in [0, 0.05) is 11.6 Å². The predicted octanol–water partition coefficient (Wildman–Crippen LogP) is 3.55. The van der Waals surface area contributed by atoms with Crippen molar-refractivity contribution < 1.29 is 17.8 Å². The Kier molecular flexibility index (Phi) is 3.65. The van der Waals surface area contributed by atoms with Crippen LogP contribution in [0.1, 0.15) is 5.56 Å². The van der Waals surface area contributed by atoms with Gasteiger partial charge in [-0.05, 0) is 23.3 Å². The van der Waals surface area contributed by atoms with Gasteiger partial charge in [-0.25, -0.2) is 8.42 Å². The number of furan rings is 1. The van der Waals surface area contributed by atoms with Crippen LogP contribution in [0.25, 0.3) is 22.1 Å². The molecule has 0 saturated heterocycles.